The van der Waals surface area contributed by atoms with Crippen molar-refractivity contribution in [3.05, 3.63) is 64.5 Å². The number of anilines is 3. The number of benzene rings is 1. The molecule has 5 heteroatoms. The van der Waals surface area contributed by atoms with Crippen molar-refractivity contribution in [2.45, 2.75) is 52.9 Å². The first kappa shape index (κ1) is 19.0. The van der Waals surface area contributed by atoms with Crippen LogP contribution in [0.5, 0.6) is 0 Å². The van der Waals surface area contributed by atoms with Crippen LogP contribution in [0, 0.1) is 6.92 Å². The van der Waals surface area contributed by atoms with E-state index in [-0.39, 0.29) is 0 Å². The third-order valence-corrected chi connectivity index (χ3v) is 4.91. The lowest BCUT2D eigenvalue weighted by molar-refractivity contribution is 0.887. The van der Waals surface area contributed by atoms with Crippen LogP contribution in [0.1, 0.15) is 48.2 Å². The number of aryl methyl sites for hydroxylation is 5. The van der Waals surface area contributed by atoms with Crippen LogP contribution in [0.3, 0.4) is 0 Å². The summed E-state index contributed by atoms with van der Waals surface area (Å²) in [5.74, 6) is 1.65. The lowest BCUT2D eigenvalue weighted by Crippen LogP contribution is -1.99. The molecule has 0 saturated carbocycles. The second-order valence-corrected chi connectivity index (χ2v) is 7.03. The number of aromatic amines is 1. The maximum atomic E-state index is 5.90. The number of pyridine rings is 1. The van der Waals surface area contributed by atoms with Crippen molar-refractivity contribution in [2.75, 3.05) is 11.1 Å². The topological polar surface area (TPSA) is 79.6 Å². The van der Waals surface area contributed by atoms with Gasteiger partial charge in [-0.05, 0) is 73.1 Å². The fraction of sp³-hybridized carbons (Fsp3) is 0.364. The van der Waals surface area contributed by atoms with E-state index < -0.39 is 0 Å². The van der Waals surface area contributed by atoms with Gasteiger partial charge in [-0.1, -0.05) is 26.3 Å². The first-order chi connectivity index (χ1) is 13.1. The monoisotopic (exact) mass is 363 g/mol. The van der Waals surface area contributed by atoms with E-state index in [0.717, 1.165) is 55.1 Å². The highest BCUT2D eigenvalue weighted by Crippen LogP contribution is 2.20. The second kappa shape index (κ2) is 8.71. The Morgan fingerprint density at radius 3 is 2.59 bits per heavy atom. The molecular weight excluding hydrogens is 334 g/mol. The second-order valence-electron chi connectivity index (χ2n) is 7.03. The van der Waals surface area contributed by atoms with Gasteiger partial charge in [-0.3, -0.25) is 5.10 Å². The van der Waals surface area contributed by atoms with Gasteiger partial charge in [0.1, 0.15) is 5.82 Å². The fourth-order valence-electron chi connectivity index (χ4n) is 3.33. The Hall–Kier alpha value is -2.82. The summed E-state index contributed by atoms with van der Waals surface area (Å²) in [6, 6.07) is 10.3. The molecule has 2 aromatic heterocycles. The van der Waals surface area contributed by atoms with Gasteiger partial charge in [0.25, 0.3) is 0 Å². The zero-order chi connectivity index (χ0) is 19.2. The molecule has 1 aromatic carbocycles. The van der Waals surface area contributed by atoms with Crippen molar-refractivity contribution < 1.29 is 0 Å². The highest BCUT2D eigenvalue weighted by Gasteiger charge is 2.07. The van der Waals surface area contributed by atoms with Crippen molar-refractivity contribution in [1.82, 2.24) is 15.2 Å². The normalized spacial score (nSPS) is 10.9. The van der Waals surface area contributed by atoms with Gasteiger partial charge in [0.2, 0.25) is 0 Å². The third-order valence-electron chi connectivity index (χ3n) is 4.91. The first-order valence-electron chi connectivity index (χ1n) is 9.73. The smallest absolute Gasteiger partial charge is 0.153 e. The minimum Gasteiger partial charge on any atom is -0.399 e. The summed E-state index contributed by atoms with van der Waals surface area (Å²) >= 11 is 0. The average molecular weight is 364 g/mol. The molecule has 5 nitrogen and oxygen atoms in total. The van der Waals surface area contributed by atoms with Gasteiger partial charge in [0, 0.05) is 23.6 Å². The Morgan fingerprint density at radius 2 is 1.81 bits per heavy atom. The summed E-state index contributed by atoms with van der Waals surface area (Å²) < 4.78 is 0. The highest BCUT2D eigenvalue weighted by atomic mass is 15.2. The largest absolute Gasteiger partial charge is 0.399 e. The predicted octanol–water partition coefficient (Wildman–Crippen LogP) is 4.74. The first-order valence-corrected chi connectivity index (χ1v) is 9.73. The number of hydrogen-bond acceptors (Lipinski definition) is 4. The van der Waals surface area contributed by atoms with Crippen LogP contribution in [0.15, 0.2) is 36.5 Å². The summed E-state index contributed by atoms with van der Waals surface area (Å²) in [5, 5.41) is 10.8. The number of nitrogens with zero attached hydrogens (tertiary/aromatic N) is 2. The minimum atomic E-state index is 0.800. The van der Waals surface area contributed by atoms with Crippen LogP contribution in [0.4, 0.5) is 17.3 Å². The molecule has 4 N–H and O–H groups in total. The number of nitrogens with two attached hydrogens (primary N) is 1. The number of nitrogens with one attached hydrogen (secondary N) is 2. The molecule has 0 aliphatic rings. The van der Waals surface area contributed by atoms with Gasteiger partial charge in [0.05, 0.1) is 0 Å². The number of hydrogen-bond donors (Lipinski definition) is 3. The molecule has 0 atom stereocenters. The zero-order valence-corrected chi connectivity index (χ0v) is 16.5. The van der Waals surface area contributed by atoms with Crippen molar-refractivity contribution in [3.8, 4) is 0 Å². The van der Waals surface area contributed by atoms with Gasteiger partial charge < -0.3 is 11.1 Å². The van der Waals surface area contributed by atoms with Crippen molar-refractivity contribution >= 4 is 17.3 Å². The zero-order valence-electron chi connectivity index (χ0n) is 16.5. The third kappa shape index (κ3) is 4.88. The number of H-pyrrole nitrogens is 1. The molecule has 0 amide bonds. The lowest BCUT2D eigenvalue weighted by atomic mass is 10.0. The van der Waals surface area contributed by atoms with E-state index in [0.29, 0.717) is 0 Å². The van der Waals surface area contributed by atoms with Crippen molar-refractivity contribution in [1.29, 1.82) is 0 Å². The molecule has 0 spiro atoms. The molecule has 0 aliphatic heterocycles. The molecule has 0 unspecified atom stereocenters. The SMILES string of the molecule is CCCc1cc(Nc2cc(CCc3cc(N)ccc3C)[nH]n2)ncc1CC. The number of aromatic nitrogens is 3. The maximum Gasteiger partial charge on any atom is 0.153 e. The molecule has 0 bridgehead atoms. The Labute approximate surface area is 161 Å². The Bertz CT molecular complexity index is 897. The average Bonchev–Trinajstić information content (AvgIpc) is 3.10. The molecule has 3 rings (SSSR count). The van der Waals surface area contributed by atoms with Crippen LogP contribution >= 0.6 is 0 Å². The van der Waals surface area contributed by atoms with Crippen LogP contribution < -0.4 is 11.1 Å². The van der Waals surface area contributed by atoms with Gasteiger partial charge in [-0.2, -0.15) is 5.10 Å². The highest BCUT2D eigenvalue weighted by molar-refractivity contribution is 5.53. The molecule has 142 valence electrons. The molecule has 27 heavy (non-hydrogen) atoms. The van der Waals surface area contributed by atoms with Gasteiger partial charge in [-0.15, -0.1) is 0 Å². The van der Waals surface area contributed by atoms with Gasteiger partial charge >= 0.3 is 0 Å². The number of rotatable bonds is 8. The minimum absolute atomic E-state index is 0.800. The summed E-state index contributed by atoms with van der Waals surface area (Å²) in [4.78, 5) is 4.53. The van der Waals surface area contributed by atoms with E-state index in [2.05, 4.69) is 65.5 Å². The molecule has 2 heterocycles. The Morgan fingerprint density at radius 1 is 0.963 bits per heavy atom. The van der Waals surface area contributed by atoms with E-state index in [9.17, 15) is 0 Å². The van der Waals surface area contributed by atoms with Gasteiger partial charge in [-0.25, -0.2) is 4.98 Å². The van der Waals surface area contributed by atoms with E-state index in [1.165, 1.54) is 22.3 Å². The lowest BCUT2D eigenvalue weighted by Gasteiger charge is -2.09. The molecule has 0 fully saturated rings. The molecule has 0 saturated heterocycles. The Kier molecular flexibility index (Phi) is 6.12. The standard InChI is InChI=1S/C22H29N5/c1-4-6-18-12-21(24-14-16(18)5-2)25-22-13-20(26-27-22)10-8-17-11-19(23)9-7-15(17)3/h7,9,11-14H,4-6,8,10,23H2,1-3H3,(H2,24,25,26,27). The summed E-state index contributed by atoms with van der Waals surface area (Å²) in [6.07, 6.45) is 7.02. The van der Waals surface area contributed by atoms with Crippen LogP contribution in [-0.2, 0) is 25.7 Å². The van der Waals surface area contributed by atoms with E-state index in [1.54, 1.807) is 0 Å². The van der Waals surface area contributed by atoms with Crippen LogP contribution in [0.2, 0.25) is 0 Å². The maximum absolute atomic E-state index is 5.90. The van der Waals surface area contributed by atoms with E-state index >= 15 is 0 Å². The van der Waals surface area contributed by atoms with Crippen LogP contribution in [0.25, 0.3) is 0 Å². The van der Waals surface area contributed by atoms with E-state index in [4.69, 9.17) is 5.73 Å². The number of nitrogen functional groups attached to an aromatic ring is 1. The summed E-state index contributed by atoms with van der Waals surface area (Å²) in [7, 11) is 0. The van der Waals surface area contributed by atoms with Crippen LogP contribution in [-0.4, -0.2) is 15.2 Å². The summed E-state index contributed by atoms with van der Waals surface area (Å²) in [6.45, 7) is 6.49. The van der Waals surface area contributed by atoms with Crippen molar-refractivity contribution in [3.63, 3.8) is 0 Å². The summed E-state index contributed by atoms with van der Waals surface area (Å²) in [5.41, 5.74) is 13.0. The predicted molar refractivity (Wildman–Crippen MR) is 112 cm³/mol. The molecule has 0 aliphatic carbocycles. The quantitative estimate of drug-likeness (QED) is 0.505. The molecule has 0 radical (unpaired) electrons. The van der Waals surface area contributed by atoms with Crippen molar-refractivity contribution in [2.24, 2.45) is 0 Å². The van der Waals surface area contributed by atoms with Gasteiger partial charge in [0.15, 0.2) is 5.82 Å². The molecular formula is C22H29N5. The Balaban J connectivity index is 1.65. The molecule has 3 aromatic rings. The fourth-order valence-corrected chi connectivity index (χ4v) is 3.33. The van der Waals surface area contributed by atoms with E-state index in [1.807, 2.05) is 12.3 Å².